The van der Waals surface area contributed by atoms with Gasteiger partial charge < -0.3 is 5.32 Å². The summed E-state index contributed by atoms with van der Waals surface area (Å²) >= 11 is 4.82. The highest BCUT2D eigenvalue weighted by Gasteiger charge is 2.11. The molecule has 1 aromatic heterocycles. The van der Waals surface area contributed by atoms with Crippen LogP contribution in [0.5, 0.6) is 0 Å². The molecule has 0 fully saturated rings. The van der Waals surface area contributed by atoms with Gasteiger partial charge in [-0.05, 0) is 36.8 Å². The van der Waals surface area contributed by atoms with Crippen LogP contribution in [-0.4, -0.2) is 5.91 Å². The standard InChI is InChI=1S/C14H13BrFNOS/c1-2-10-4-5-11(19-10)8-17-14(18)12-6-3-9(15)7-13(12)16/h3-7H,2,8H2,1H3,(H,17,18). The van der Waals surface area contributed by atoms with Crippen molar-refractivity contribution in [2.75, 3.05) is 0 Å². The Bertz CT molecular complexity index is 597. The molecule has 0 saturated heterocycles. The Balaban J connectivity index is 2.01. The molecule has 0 aliphatic carbocycles. The Morgan fingerprint density at radius 3 is 2.68 bits per heavy atom. The topological polar surface area (TPSA) is 29.1 Å². The van der Waals surface area contributed by atoms with Gasteiger partial charge in [0, 0.05) is 14.2 Å². The molecule has 5 heteroatoms. The van der Waals surface area contributed by atoms with Crippen LogP contribution < -0.4 is 5.32 Å². The predicted octanol–water partition coefficient (Wildman–Crippen LogP) is 4.14. The van der Waals surface area contributed by atoms with E-state index in [1.165, 1.54) is 17.0 Å². The van der Waals surface area contributed by atoms with Crippen LogP contribution in [-0.2, 0) is 13.0 Å². The number of rotatable bonds is 4. The zero-order valence-corrected chi connectivity index (χ0v) is 12.8. The SMILES string of the molecule is CCc1ccc(CNC(=O)c2ccc(Br)cc2F)s1. The van der Waals surface area contributed by atoms with Crippen LogP contribution in [0.4, 0.5) is 4.39 Å². The van der Waals surface area contributed by atoms with Crippen LogP contribution in [0.2, 0.25) is 0 Å². The lowest BCUT2D eigenvalue weighted by Crippen LogP contribution is -2.23. The number of amides is 1. The van der Waals surface area contributed by atoms with Crippen molar-refractivity contribution in [3.8, 4) is 0 Å². The van der Waals surface area contributed by atoms with Crippen LogP contribution in [0.3, 0.4) is 0 Å². The fourth-order valence-electron chi connectivity index (χ4n) is 1.64. The summed E-state index contributed by atoms with van der Waals surface area (Å²) in [7, 11) is 0. The number of halogens is 2. The van der Waals surface area contributed by atoms with Gasteiger partial charge in [-0.15, -0.1) is 11.3 Å². The summed E-state index contributed by atoms with van der Waals surface area (Å²) < 4.78 is 14.2. The molecule has 2 rings (SSSR count). The van der Waals surface area contributed by atoms with Crippen molar-refractivity contribution in [3.63, 3.8) is 0 Å². The van der Waals surface area contributed by atoms with E-state index in [1.807, 2.05) is 12.1 Å². The molecule has 0 aliphatic heterocycles. The van der Waals surface area contributed by atoms with Crippen LogP contribution >= 0.6 is 27.3 Å². The minimum atomic E-state index is -0.521. The maximum atomic E-state index is 13.6. The van der Waals surface area contributed by atoms with Crippen LogP contribution in [0.15, 0.2) is 34.8 Å². The van der Waals surface area contributed by atoms with E-state index in [2.05, 4.69) is 28.2 Å². The van der Waals surface area contributed by atoms with Gasteiger partial charge in [-0.3, -0.25) is 4.79 Å². The molecule has 1 aromatic carbocycles. The Kier molecular flexibility index (Phi) is 4.71. The van der Waals surface area contributed by atoms with E-state index in [1.54, 1.807) is 17.4 Å². The van der Waals surface area contributed by atoms with Gasteiger partial charge in [0.1, 0.15) is 5.82 Å². The fraction of sp³-hybridized carbons (Fsp3) is 0.214. The Morgan fingerprint density at radius 1 is 1.32 bits per heavy atom. The van der Waals surface area contributed by atoms with Crippen molar-refractivity contribution in [1.29, 1.82) is 0 Å². The summed E-state index contributed by atoms with van der Waals surface area (Å²) in [5.41, 5.74) is 0.0653. The molecule has 1 N–H and O–H groups in total. The average Bonchev–Trinajstić information content (AvgIpc) is 2.84. The molecule has 0 bridgehead atoms. The average molecular weight is 342 g/mol. The number of thiophene rings is 1. The zero-order chi connectivity index (χ0) is 13.8. The molecule has 2 aromatic rings. The number of nitrogens with one attached hydrogen (secondary N) is 1. The van der Waals surface area contributed by atoms with E-state index in [9.17, 15) is 9.18 Å². The largest absolute Gasteiger partial charge is 0.347 e. The van der Waals surface area contributed by atoms with Gasteiger partial charge in [0.2, 0.25) is 0 Å². The van der Waals surface area contributed by atoms with Crippen molar-refractivity contribution in [2.45, 2.75) is 19.9 Å². The molecule has 1 heterocycles. The lowest BCUT2D eigenvalue weighted by atomic mass is 10.2. The van der Waals surface area contributed by atoms with Crippen molar-refractivity contribution < 1.29 is 9.18 Å². The Hall–Kier alpha value is -1.20. The molecule has 1 amide bonds. The van der Waals surface area contributed by atoms with Crippen LogP contribution in [0.25, 0.3) is 0 Å². The highest BCUT2D eigenvalue weighted by atomic mass is 79.9. The first-order chi connectivity index (χ1) is 9.10. The summed E-state index contributed by atoms with van der Waals surface area (Å²) in [4.78, 5) is 14.2. The second-order valence-electron chi connectivity index (χ2n) is 4.03. The van der Waals surface area contributed by atoms with Crippen molar-refractivity contribution in [1.82, 2.24) is 5.32 Å². The maximum Gasteiger partial charge on any atom is 0.254 e. The van der Waals surface area contributed by atoms with Gasteiger partial charge in [-0.2, -0.15) is 0 Å². The highest BCUT2D eigenvalue weighted by molar-refractivity contribution is 9.10. The minimum absolute atomic E-state index is 0.0653. The van der Waals surface area contributed by atoms with E-state index >= 15 is 0 Å². The van der Waals surface area contributed by atoms with Crippen LogP contribution in [0.1, 0.15) is 27.0 Å². The summed E-state index contributed by atoms with van der Waals surface area (Å²) in [5.74, 6) is -0.913. The summed E-state index contributed by atoms with van der Waals surface area (Å²) in [6, 6.07) is 8.45. The zero-order valence-electron chi connectivity index (χ0n) is 10.4. The molecular weight excluding hydrogens is 329 g/mol. The van der Waals surface area contributed by atoms with Gasteiger partial charge in [-0.25, -0.2) is 4.39 Å². The first-order valence-corrected chi connectivity index (χ1v) is 7.52. The molecule has 19 heavy (non-hydrogen) atoms. The Labute approximate surface area is 123 Å². The second-order valence-corrected chi connectivity index (χ2v) is 6.20. The third-order valence-electron chi connectivity index (χ3n) is 2.66. The monoisotopic (exact) mass is 341 g/mol. The van der Waals surface area contributed by atoms with Gasteiger partial charge in [0.05, 0.1) is 12.1 Å². The number of hydrogen-bond acceptors (Lipinski definition) is 2. The molecular formula is C14H13BrFNOS. The van der Waals surface area contributed by atoms with Crippen molar-refractivity contribution in [2.24, 2.45) is 0 Å². The van der Waals surface area contributed by atoms with Gasteiger partial charge in [0.15, 0.2) is 0 Å². The molecule has 0 saturated carbocycles. The highest BCUT2D eigenvalue weighted by Crippen LogP contribution is 2.18. The number of carbonyl (C=O) groups is 1. The van der Waals surface area contributed by atoms with Crippen molar-refractivity contribution >= 4 is 33.2 Å². The van der Waals surface area contributed by atoms with Gasteiger partial charge >= 0.3 is 0 Å². The third-order valence-corrected chi connectivity index (χ3v) is 4.39. The van der Waals surface area contributed by atoms with E-state index in [0.717, 1.165) is 11.3 Å². The third kappa shape index (κ3) is 3.64. The van der Waals surface area contributed by atoms with Crippen molar-refractivity contribution in [3.05, 3.63) is 55.9 Å². The maximum absolute atomic E-state index is 13.6. The Morgan fingerprint density at radius 2 is 2.05 bits per heavy atom. The minimum Gasteiger partial charge on any atom is -0.347 e. The smallest absolute Gasteiger partial charge is 0.254 e. The van der Waals surface area contributed by atoms with E-state index in [4.69, 9.17) is 0 Å². The summed E-state index contributed by atoms with van der Waals surface area (Å²) in [6.07, 6.45) is 0.986. The molecule has 0 radical (unpaired) electrons. The van der Waals surface area contributed by atoms with Gasteiger partial charge in [0.25, 0.3) is 5.91 Å². The number of hydrogen-bond donors (Lipinski definition) is 1. The molecule has 100 valence electrons. The quantitative estimate of drug-likeness (QED) is 0.889. The molecule has 0 aliphatic rings. The summed E-state index contributed by atoms with van der Waals surface area (Å²) in [6.45, 7) is 2.52. The molecule has 2 nitrogen and oxygen atoms in total. The first-order valence-electron chi connectivity index (χ1n) is 5.91. The van der Waals surface area contributed by atoms with E-state index < -0.39 is 11.7 Å². The fourth-order valence-corrected chi connectivity index (χ4v) is 2.87. The predicted molar refractivity (Wildman–Crippen MR) is 79.0 cm³/mol. The number of benzene rings is 1. The first kappa shape index (κ1) is 14.2. The number of carbonyl (C=O) groups excluding carboxylic acids is 1. The number of aryl methyl sites for hydroxylation is 1. The van der Waals surface area contributed by atoms with Crippen LogP contribution in [0, 0.1) is 5.82 Å². The normalized spacial score (nSPS) is 10.5. The molecule has 0 unspecified atom stereocenters. The lowest BCUT2D eigenvalue weighted by molar-refractivity contribution is 0.0947. The van der Waals surface area contributed by atoms with E-state index in [-0.39, 0.29) is 5.56 Å². The van der Waals surface area contributed by atoms with Gasteiger partial charge in [-0.1, -0.05) is 22.9 Å². The second kappa shape index (κ2) is 6.30. The van der Waals surface area contributed by atoms with E-state index in [0.29, 0.717) is 11.0 Å². The molecule has 0 atom stereocenters. The lowest BCUT2D eigenvalue weighted by Gasteiger charge is -2.05. The molecule has 0 spiro atoms. The summed E-state index contributed by atoms with van der Waals surface area (Å²) in [5, 5.41) is 2.73.